The third kappa shape index (κ3) is 4.68. The zero-order chi connectivity index (χ0) is 14.6. The highest BCUT2D eigenvalue weighted by molar-refractivity contribution is 6.31. The number of carbonyl (C=O) groups is 1. The molecule has 0 unspecified atom stereocenters. The first kappa shape index (κ1) is 15.7. The van der Waals surface area contributed by atoms with Crippen LogP contribution in [-0.2, 0) is 0 Å². The van der Waals surface area contributed by atoms with Crippen molar-refractivity contribution >= 4 is 17.5 Å². The molecule has 0 fully saturated rings. The Hall–Kier alpha value is -1.34. The molecule has 106 valence electrons. The molecule has 0 aliphatic rings. The van der Waals surface area contributed by atoms with Crippen molar-refractivity contribution in [2.24, 2.45) is 0 Å². The highest BCUT2D eigenvalue weighted by atomic mass is 35.5. The van der Waals surface area contributed by atoms with Gasteiger partial charge in [-0.2, -0.15) is 13.2 Å². The fourth-order valence-corrected chi connectivity index (χ4v) is 1.58. The summed E-state index contributed by atoms with van der Waals surface area (Å²) in [7, 11) is 0. The Balaban J connectivity index is 2.95. The molecule has 1 aromatic carbocycles. The molecule has 19 heavy (non-hydrogen) atoms. The average Bonchev–Trinajstić information content (AvgIpc) is 2.29. The first-order valence-electron chi connectivity index (χ1n) is 5.16. The minimum atomic E-state index is -4.59. The molecule has 1 amide bonds. The molecular weight excluding hydrogens is 290 g/mol. The quantitative estimate of drug-likeness (QED) is 0.868. The van der Waals surface area contributed by atoms with E-state index in [0.29, 0.717) is 4.90 Å². The fraction of sp³-hybridized carbons (Fsp3) is 0.364. The molecule has 0 saturated carbocycles. The van der Waals surface area contributed by atoms with E-state index in [0.717, 1.165) is 18.2 Å². The summed E-state index contributed by atoms with van der Waals surface area (Å²) in [5.74, 6) is -1.75. The van der Waals surface area contributed by atoms with Crippen LogP contribution in [0.15, 0.2) is 18.2 Å². The second-order valence-electron chi connectivity index (χ2n) is 3.69. The van der Waals surface area contributed by atoms with Crippen LogP contribution in [0.4, 0.5) is 17.6 Å². The number of aliphatic hydroxyl groups excluding tert-OH is 1. The molecule has 1 rings (SSSR count). The molecule has 0 bridgehead atoms. The molecule has 0 atom stereocenters. The van der Waals surface area contributed by atoms with Gasteiger partial charge < -0.3 is 10.0 Å². The Labute approximate surface area is 111 Å². The normalized spacial score (nSPS) is 11.5. The number of benzene rings is 1. The number of aliphatic hydroxyl groups is 1. The molecule has 1 N–H and O–H groups in total. The number of rotatable bonds is 4. The van der Waals surface area contributed by atoms with Gasteiger partial charge in [-0.25, -0.2) is 4.39 Å². The van der Waals surface area contributed by atoms with Crippen LogP contribution in [0.25, 0.3) is 0 Å². The molecule has 0 radical (unpaired) electrons. The van der Waals surface area contributed by atoms with Crippen molar-refractivity contribution in [1.82, 2.24) is 4.90 Å². The van der Waals surface area contributed by atoms with Gasteiger partial charge in [0.2, 0.25) is 0 Å². The Kier molecular flexibility index (Phi) is 5.13. The Morgan fingerprint density at radius 3 is 2.47 bits per heavy atom. The summed E-state index contributed by atoms with van der Waals surface area (Å²) in [4.78, 5) is 12.2. The number of hydrogen-bond acceptors (Lipinski definition) is 2. The molecule has 3 nitrogen and oxygen atoms in total. The highest BCUT2D eigenvalue weighted by Gasteiger charge is 2.33. The molecule has 0 aliphatic carbocycles. The molecule has 0 aromatic heterocycles. The number of carbonyl (C=O) groups excluding carboxylic acids is 1. The highest BCUT2D eigenvalue weighted by Crippen LogP contribution is 2.20. The van der Waals surface area contributed by atoms with Gasteiger partial charge in [0.05, 0.1) is 11.6 Å². The molecule has 0 aliphatic heterocycles. The topological polar surface area (TPSA) is 40.5 Å². The van der Waals surface area contributed by atoms with Crippen LogP contribution >= 0.6 is 11.6 Å². The lowest BCUT2D eigenvalue weighted by molar-refractivity contribution is -0.141. The van der Waals surface area contributed by atoms with Gasteiger partial charge in [-0.3, -0.25) is 4.79 Å². The van der Waals surface area contributed by atoms with E-state index in [-0.39, 0.29) is 10.6 Å². The predicted octanol–water partition coefficient (Wildman–Crippen LogP) is 2.48. The number of nitrogens with zero attached hydrogens (tertiary/aromatic N) is 1. The Bertz CT molecular complexity index is 464. The molecular formula is C11H10ClF4NO2. The van der Waals surface area contributed by atoms with E-state index in [1.165, 1.54) is 0 Å². The lowest BCUT2D eigenvalue weighted by atomic mass is 10.2. The summed E-state index contributed by atoms with van der Waals surface area (Å²) in [5, 5.41) is 8.32. The van der Waals surface area contributed by atoms with Gasteiger partial charge >= 0.3 is 6.18 Å². The van der Waals surface area contributed by atoms with E-state index in [1.807, 2.05) is 0 Å². The summed E-state index contributed by atoms with van der Waals surface area (Å²) in [6.07, 6.45) is -4.59. The summed E-state index contributed by atoms with van der Waals surface area (Å²) >= 11 is 5.46. The van der Waals surface area contributed by atoms with Crippen LogP contribution in [0, 0.1) is 5.82 Å². The van der Waals surface area contributed by atoms with E-state index in [2.05, 4.69) is 0 Å². The first-order chi connectivity index (χ1) is 8.74. The third-order valence-corrected chi connectivity index (χ3v) is 2.48. The second kappa shape index (κ2) is 6.21. The van der Waals surface area contributed by atoms with Gasteiger partial charge in [-0.05, 0) is 18.2 Å². The van der Waals surface area contributed by atoms with Crippen LogP contribution in [0.3, 0.4) is 0 Å². The number of alkyl halides is 3. The van der Waals surface area contributed by atoms with E-state index in [4.69, 9.17) is 16.7 Å². The minimum Gasteiger partial charge on any atom is -0.395 e. The van der Waals surface area contributed by atoms with Gasteiger partial charge in [0.25, 0.3) is 5.91 Å². The van der Waals surface area contributed by atoms with Crippen LogP contribution in [0.5, 0.6) is 0 Å². The van der Waals surface area contributed by atoms with Crippen LogP contribution in [0.2, 0.25) is 5.02 Å². The summed E-state index contributed by atoms with van der Waals surface area (Å²) in [6.45, 7) is -2.59. The van der Waals surface area contributed by atoms with E-state index in [1.54, 1.807) is 0 Å². The zero-order valence-corrected chi connectivity index (χ0v) is 10.3. The van der Waals surface area contributed by atoms with Gasteiger partial charge in [0.1, 0.15) is 12.4 Å². The van der Waals surface area contributed by atoms with Crippen LogP contribution in [-0.4, -0.2) is 41.8 Å². The van der Waals surface area contributed by atoms with Crippen molar-refractivity contribution in [2.75, 3.05) is 19.7 Å². The number of amides is 1. The number of halogens is 5. The first-order valence-corrected chi connectivity index (χ1v) is 5.54. The van der Waals surface area contributed by atoms with E-state index >= 15 is 0 Å². The number of hydrogen-bond donors (Lipinski definition) is 1. The van der Waals surface area contributed by atoms with Gasteiger partial charge in [-0.1, -0.05) is 11.6 Å². The second-order valence-corrected chi connectivity index (χ2v) is 4.10. The maximum absolute atomic E-state index is 12.9. The maximum Gasteiger partial charge on any atom is 0.406 e. The average molecular weight is 300 g/mol. The SMILES string of the molecule is O=C(c1ccc(F)c(Cl)c1)N(CCO)CC(F)(F)F. The lowest BCUT2D eigenvalue weighted by Gasteiger charge is -2.23. The Morgan fingerprint density at radius 1 is 1.37 bits per heavy atom. The summed E-state index contributed by atoms with van der Waals surface area (Å²) in [6, 6.07) is 2.87. The summed E-state index contributed by atoms with van der Waals surface area (Å²) < 4.78 is 49.8. The lowest BCUT2D eigenvalue weighted by Crippen LogP contribution is -2.40. The van der Waals surface area contributed by atoms with E-state index in [9.17, 15) is 22.4 Å². The summed E-state index contributed by atoms with van der Waals surface area (Å²) in [5.41, 5.74) is -0.177. The van der Waals surface area contributed by atoms with Crippen molar-refractivity contribution in [3.63, 3.8) is 0 Å². The van der Waals surface area contributed by atoms with Gasteiger partial charge in [-0.15, -0.1) is 0 Å². The maximum atomic E-state index is 12.9. The molecule has 0 saturated heterocycles. The van der Waals surface area contributed by atoms with Gasteiger partial charge in [0, 0.05) is 12.1 Å². The van der Waals surface area contributed by atoms with Crippen molar-refractivity contribution in [2.45, 2.75) is 6.18 Å². The smallest absolute Gasteiger partial charge is 0.395 e. The molecule has 1 aromatic rings. The zero-order valence-electron chi connectivity index (χ0n) is 9.55. The van der Waals surface area contributed by atoms with Crippen molar-refractivity contribution in [3.8, 4) is 0 Å². The van der Waals surface area contributed by atoms with Gasteiger partial charge in [0.15, 0.2) is 0 Å². The molecule has 0 spiro atoms. The van der Waals surface area contributed by atoms with Crippen molar-refractivity contribution in [3.05, 3.63) is 34.6 Å². The molecule has 0 heterocycles. The largest absolute Gasteiger partial charge is 0.406 e. The standard InChI is InChI=1S/C11H10ClF4NO2/c12-8-5-7(1-2-9(8)13)10(19)17(3-4-18)6-11(14,15)16/h1-2,5,18H,3-4,6H2. The Morgan fingerprint density at radius 2 is 2.00 bits per heavy atom. The fourth-order valence-electron chi connectivity index (χ4n) is 1.40. The minimum absolute atomic E-state index is 0.177. The van der Waals surface area contributed by atoms with Crippen LogP contribution < -0.4 is 0 Å². The monoisotopic (exact) mass is 299 g/mol. The van der Waals surface area contributed by atoms with Crippen molar-refractivity contribution in [1.29, 1.82) is 0 Å². The predicted molar refractivity (Wildman–Crippen MR) is 60.5 cm³/mol. The molecule has 8 heteroatoms. The van der Waals surface area contributed by atoms with Crippen molar-refractivity contribution < 1.29 is 27.5 Å². The third-order valence-electron chi connectivity index (χ3n) is 2.19. The van der Waals surface area contributed by atoms with E-state index < -0.39 is 37.6 Å². The van der Waals surface area contributed by atoms with Crippen LogP contribution in [0.1, 0.15) is 10.4 Å².